The van der Waals surface area contributed by atoms with E-state index in [2.05, 4.69) is 17.6 Å². The van der Waals surface area contributed by atoms with Crippen molar-refractivity contribution in [3.05, 3.63) is 24.3 Å². The van der Waals surface area contributed by atoms with Crippen LogP contribution >= 0.6 is 12.6 Å². The van der Waals surface area contributed by atoms with Crippen LogP contribution in [-0.4, -0.2) is 6.21 Å². The van der Waals surface area contributed by atoms with Gasteiger partial charge < -0.3 is 0 Å². The van der Waals surface area contributed by atoms with Gasteiger partial charge in [0.05, 0.1) is 5.69 Å². The Kier molecular flexibility index (Phi) is 2.51. The lowest BCUT2D eigenvalue weighted by Crippen LogP contribution is -1.67. The quantitative estimate of drug-likeness (QED) is 0.468. The van der Waals surface area contributed by atoms with Gasteiger partial charge in [-0.3, -0.25) is 4.99 Å². The van der Waals surface area contributed by atoms with E-state index in [9.17, 15) is 0 Å². The maximum atomic E-state index is 4.22. The molecule has 1 aromatic carbocycles. The van der Waals surface area contributed by atoms with Crippen LogP contribution in [0.1, 0.15) is 6.92 Å². The van der Waals surface area contributed by atoms with Gasteiger partial charge in [-0.05, 0) is 19.1 Å². The number of benzene rings is 1. The molecule has 0 saturated carbocycles. The molecule has 0 amide bonds. The third-order valence-electron chi connectivity index (χ3n) is 1.15. The molecule has 52 valence electrons. The van der Waals surface area contributed by atoms with Gasteiger partial charge in [-0.25, -0.2) is 0 Å². The van der Waals surface area contributed by atoms with Crippen LogP contribution in [0.3, 0.4) is 0 Å². The average Bonchev–Trinajstić information content (AvgIpc) is 1.94. The lowest BCUT2D eigenvalue weighted by Gasteiger charge is -1.94. The summed E-state index contributed by atoms with van der Waals surface area (Å²) in [4.78, 5) is 5.02. The van der Waals surface area contributed by atoms with Crippen LogP contribution in [0.4, 0.5) is 5.69 Å². The largest absolute Gasteiger partial charge is 0.260 e. The number of para-hydroxylation sites is 1. The number of hydrogen-bond donors (Lipinski definition) is 1. The van der Waals surface area contributed by atoms with Crippen LogP contribution in [0.15, 0.2) is 34.2 Å². The maximum Gasteiger partial charge on any atom is 0.0758 e. The molecule has 0 fully saturated rings. The van der Waals surface area contributed by atoms with Crippen LogP contribution < -0.4 is 0 Å². The Morgan fingerprint density at radius 3 is 2.70 bits per heavy atom. The van der Waals surface area contributed by atoms with Crippen molar-refractivity contribution in [1.82, 2.24) is 0 Å². The minimum absolute atomic E-state index is 0.917. The number of aliphatic imine (C=N–C) groups is 1. The third kappa shape index (κ3) is 1.61. The molecule has 0 heterocycles. The van der Waals surface area contributed by atoms with E-state index < -0.39 is 0 Å². The van der Waals surface area contributed by atoms with E-state index in [0.29, 0.717) is 0 Å². The monoisotopic (exact) mass is 151 g/mol. The zero-order chi connectivity index (χ0) is 7.40. The number of thiol groups is 1. The van der Waals surface area contributed by atoms with E-state index in [1.165, 1.54) is 0 Å². The van der Waals surface area contributed by atoms with Crippen LogP contribution in [-0.2, 0) is 0 Å². The van der Waals surface area contributed by atoms with E-state index >= 15 is 0 Å². The lowest BCUT2D eigenvalue weighted by atomic mass is 10.3. The molecular formula is C8H9NS. The maximum absolute atomic E-state index is 4.22. The standard InChI is InChI=1S/C8H9NS/c1-2-9-7-5-3-4-6-8(7)10/h2-6,10H,1H3/b9-2-. The summed E-state index contributed by atoms with van der Waals surface area (Å²) in [5.74, 6) is 0. The molecule has 0 aliphatic carbocycles. The van der Waals surface area contributed by atoms with E-state index in [1.54, 1.807) is 6.21 Å². The molecular weight excluding hydrogens is 142 g/mol. The van der Waals surface area contributed by atoms with Crippen LogP contribution in [0, 0.1) is 0 Å². The van der Waals surface area contributed by atoms with Gasteiger partial charge in [0.1, 0.15) is 0 Å². The molecule has 0 aliphatic rings. The summed E-state index contributed by atoms with van der Waals surface area (Å²) in [7, 11) is 0. The summed E-state index contributed by atoms with van der Waals surface area (Å²) in [5, 5.41) is 0. The summed E-state index contributed by atoms with van der Waals surface area (Å²) in [6.07, 6.45) is 1.76. The molecule has 10 heavy (non-hydrogen) atoms. The van der Waals surface area contributed by atoms with E-state index in [1.807, 2.05) is 31.2 Å². The second-order valence-electron chi connectivity index (χ2n) is 1.88. The number of nitrogens with zero attached hydrogens (tertiary/aromatic N) is 1. The molecule has 0 bridgehead atoms. The Hall–Kier alpha value is -0.760. The van der Waals surface area contributed by atoms with Gasteiger partial charge in [-0.15, -0.1) is 12.6 Å². The fourth-order valence-corrected chi connectivity index (χ4v) is 0.931. The van der Waals surface area contributed by atoms with Crippen molar-refractivity contribution in [2.75, 3.05) is 0 Å². The van der Waals surface area contributed by atoms with Gasteiger partial charge in [0.2, 0.25) is 0 Å². The van der Waals surface area contributed by atoms with Crippen molar-refractivity contribution >= 4 is 24.5 Å². The van der Waals surface area contributed by atoms with Crippen LogP contribution in [0.5, 0.6) is 0 Å². The molecule has 0 N–H and O–H groups in total. The van der Waals surface area contributed by atoms with Crippen LogP contribution in [0.2, 0.25) is 0 Å². The second kappa shape index (κ2) is 3.42. The van der Waals surface area contributed by atoms with Gasteiger partial charge in [-0.1, -0.05) is 12.1 Å². The number of hydrogen-bond acceptors (Lipinski definition) is 2. The van der Waals surface area contributed by atoms with Crippen molar-refractivity contribution in [2.24, 2.45) is 4.99 Å². The molecule has 1 rings (SSSR count). The summed E-state index contributed by atoms with van der Waals surface area (Å²) in [6, 6.07) is 7.74. The summed E-state index contributed by atoms with van der Waals surface area (Å²) >= 11 is 4.22. The van der Waals surface area contributed by atoms with Gasteiger partial charge in [0.25, 0.3) is 0 Å². The molecule has 0 unspecified atom stereocenters. The second-order valence-corrected chi connectivity index (χ2v) is 2.36. The topological polar surface area (TPSA) is 12.4 Å². The Morgan fingerprint density at radius 2 is 2.10 bits per heavy atom. The van der Waals surface area contributed by atoms with Gasteiger partial charge >= 0.3 is 0 Å². The third-order valence-corrected chi connectivity index (χ3v) is 1.53. The molecule has 0 radical (unpaired) electrons. The molecule has 1 aromatic rings. The fraction of sp³-hybridized carbons (Fsp3) is 0.125. The fourth-order valence-electron chi connectivity index (χ4n) is 0.712. The molecule has 2 heteroatoms. The first-order valence-electron chi connectivity index (χ1n) is 3.11. The smallest absolute Gasteiger partial charge is 0.0758 e. The summed E-state index contributed by atoms with van der Waals surface area (Å²) in [5.41, 5.74) is 0.924. The van der Waals surface area contributed by atoms with Crippen molar-refractivity contribution in [1.29, 1.82) is 0 Å². The predicted octanol–water partition coefficient (Wildman–Crippen LogP) is 2.70. The van der Waals surface area contributed by atoms with Crippen molar-refractivity contribution in [2.45, 2.75) is 11.8 Å². The molecule has 0 saturated heterocycles. The van der Waals surface area contributed by atoms with E-state index in [-0.39, 0.29) is 0 Å². The molecule has 0 aromatic heterocycles. The summed E-state index contributed by atoms with van der Waals surface area (Å²) in [6.45, 7) is 1.89. The Balaban J connectivity index is 3.03. The molecule has 0 atom stereocenters. The Morgan fingerprint density at radius 1 is 1.40 bits per heavy atom. The average molecular weight is 151 g/mol. The first-order valence-corrected chi connectivity index (χ1v) is 3.56. The normalized spacial score (nSPS) is 10.6. The highest BCUT2D eigenvalue weighted by atomic mass is 32.1. The van der Waals surface area contributed by atoms with Gasteiger partial charge in [0.15, 0.2) is 0 Å². The molecule has 0 aliphatic heterocycles. The predicted molar refractivity (Wildman–Crippen MR) is 47.5 cm³/mol. The molecule has 1 nitrogen and oxygen atoms in total. The highest BCUT2D eigenvalue weighted by molar-refractivity contribution is 7.80. The lowest BCUT2D eigenvalue weighted by molar-refractivity contribution is 1.39. The van der Waals surface area contributed by atoms with Gasteiger partial charge in [0, 0.05) is 11.1 Å². The zero-order valence-electron chi connectivity index (χ0n) is 5.78. The van der Waals surface area contributed by atoms with Crippen molar-refractivity contribution < 1.29 is 0 Å². The zero-order valence-corrected chi connectivity index (χ0v) is 6.68. The minimum Gasteiger partial charge on any atom is -0.260 e. The van der Waals surface area contributed by atoms with Gasteiger partial charge in [-0.2, -0.15) is 0 Å². The first kappa shape index (κ1) is 7.35. The highest BCUT2D eigenvalue weighted by Crippen LogP contribution is 2.20. The first-order chi connectivity index (χ1) is 4.84. The molecule has 0 spiro atoms. The van der Waals surface area contributed by atoms with Crippen molar-refractivity contribution in [3.63, 3.8) is 0 Å². The summed E-state index contributed by atoms with van der Waals surface area (Å²) < 4.78 is 0. The van der Waals surface area contributed by atoms with E-state index in [4.69, 9.17) is 0 Å². The van der Waals surface area contributed by atoms with Crippen LogP contribution in [0.25, 0.3) is 0 Å². The Labute approximate surface area is 66.2 Å². The highest BCUT2D eigenvalue weighted by Gasteiger charge is 1.90. The van der Waals surface area contributed by atoms with Crippen molar-refractivity contribution in [3.8, 4) is 0 Å². The SMILES string of the molecule is C/C=N\c1ccccc1S. The number of rotatable bonds is 1. The Bertz CT molecular complexity index is 243. The van der Waals surface area contributed by atoms with E-state index in [0.717, 1.165) is 10.6 Å². The minimum atomic E-state index is 0.917.